The number of amides is 1. The van der Waals surface area contributed by atoms with E-state index < -0.39 is 5.91 Å². The first-order chi connectivity index (χ1) is 18.5. The average molecular weight is 499 g/mol. The first-order valence-electron chi connectivity index (χ1n) is 12.3. The molecule has 6 heteroatoms. The molecule has 0 fully saturated rings. The molecule has 1 aromatic heterocycles. The van der Waals surface area contributed by atoms with Gasteiger partial charge in [0, 0.05) is 27.6 Å². The Bertz CT molecular complexity index is 1760. The van der Waals surface area contributed by atoms with Crippen molar-refractivity contribution in [3.05, 3.63) is 125 Å². The van der Waals surface area contributed by atoms with Gasteiger partial charge in [0.25, 0.3) is 5.91 Å². The molecule has 1 aliphatic rings. The molecule has 4 aromatic carbocycles. The highest BCUT2D eigenvalue weighted by Crippen LogP contribution is 2.33. The number of ketones is 2. The molecule has 0 aliphatic heterocycles. The van der Waals surface area contributed by atoms with E-state index in [1.165, 1.54) is 0 Å². The Labute approximate surface area is 218 Å². The summed E-state index contributed by atoms with van der Waals surface area (Å²) in [4.78, 5) is 45.0. The molecule has 0 radical (unpaired) electrons. The van der Waals surface area contributed by atoms with E-state index in [1.807, 2.05) is 55.5 Å². The maximum atomic E-state index is 13.7. The molecule has 0 unspecified atom stereocenters. The van der Waals surface area contributed by atoms with Gasteiger partial charge in [0.1, 0.15) is 5.75 Å². The van der Waals surface area contributed by atoms with Crippen molar-refractivity contribution in [3.8, 4) is 17.0 Å². The summed E-state index contributed by atoms with van der Waals surface area (Å²) in [6, 6.07) is 28.4. The second-order valence-electron chi connectivity index (χ2n) is 8.92. The Morgan fingerprint density at radius 3 is 2.24 bits per heavy atom. The van der Waals surface area contributed by atoms with E-state index in [2.05, 4.69) is 5.32 Å². The molecular formula is C32H22N2O4. The molecule has 0 atom stereocenters. The van der Waals surface area contributed by atoms with Crippen LogP contribution >= 0.6 is 0 Å². The topological polar surface area (TPSA) is 85.4 Å². The van der Waals surface area contributed by atoms with Crippen molar-refractivity contribution >= 4 is 34.1 Å². The fourth-order valence-electron chi connectivity index (χ4n) is 4.84. The maximum Gasteiger partial charge on any atom is 0.256 e. The van der Waals surface area contributed by atoms with Gasteiger partial charge in [-0.2, -0.15) is 0 Å². The number of fused-ring (bicyclic) bond motifs is 3. The summed E-state index contributed by atoms with van der Waals surface area (Å²) in [5, 5.41) is 3.58. The van der Waals surface area contributed by atoms with Gasteiger partial charge in [-0.05, 0) is 49.4 Å². The quantitative estimate of drug-likeness (QED) is 0.300. The van der Waals surface area contributed by atoms with Crippen molar-refractivity contribution in [1.82, 2.24) is 4.98 Å². The zero-order valence-electron chi connectivity index (χ0n) is 20.5. The number of nitrogens with one attached hydrogen (secondary N) is 1. The summed E-state index contributed by atoms with van der Waals surface area (Å²) in [7, 11) is 0. The van der Waals surface area contributed by atoms with Crippen LogP contribution in [0, 0.1) is 0 Å². The summed E-state index contributed by atoms with van der Waals surface area (Å²) in [6.45, 7) is 2.50. The van der Waals surface area contributed by atoms with E-state index in [0.717, 1.165) is 11.3 Å². The summed E-state index contributed by atoms with van der Waals surface area (Å²) in [6.07, 6.45) is 0. The highest BCUT2D eigenvalue weighted by Gasteiger charge is 2.32. The molecule has 38 heavy (non-hydrogen) atoms. The molecule has 5 aromatic rings. The number of hydrogen-bond acceptors (Lipinski definition) is 5. The Morgan fingerprint density at radius 1 is 0.789 bits per heavy atom. The lowest BCUT2D eigenvalue weighted by molar-refractivity contribution is 0.0978. The minimum atomic E-state index is -0.400. The smallest absolute Gasteiger partial charge is 0.256 e. The van der Waals surface area contributed by atoms with E-state index in [-0.39, 0.29) is 22.7 Å². The van der Waals surface area contributed by atoms with Gasteiger partial charge >= 0.3 is 0 Å². The van der Waals surface area contributed by atoms with Crippen LogP contribution in [0.15, 0.2) is 97.1 Å². The molecule has 0 spiro atoms. The van der Waals surface area contributed by atoms with Crippen molar-refractivity contribution in [2.24, 2.45) is 0 Å². The second kappa shape index (κ2) is 9.41. The maximum absolute atomic E-state index is 13.7. The second-order valence-corrected chi connectivity index (χ2v) is 8.92. The number of nitrogens with zero attached hydrogens (tertiary/aromatic N) is 1. The number of rotatable bonds is 5. The standard InChI is InChI=1S/C32H22N2O4/c1-2-38-20-16-14-19(15-17-20)28-18-25(21-8-5-6-12-26(21)33-28)32(37)34-27-13-7-11-24-29(27)31(36)23-10-4-3-9-22(23)30(24)35/h3-18H,2H2,1H3,(H,34,37). The lowest BCUT2D eigenvalue weighted by Gasteiger charge is -2.20. The Morgan fingerprint density at radius 2 is 1.47 bits per heavy atom. The van der Waals surface area contributed by atoms with E-state index in [0.29, 0.717) is 45.6 Å². The fraction of sp³-hybridized carbons (Fsp3) is 0.0625. The zero-order chi connectivity index (χ0) is 26.2. The molecule has 0 saturated heterocycles. The largest absolute Gasteiger partial charge is 0.494 e. The van der Waals surface area contributed by atoms with Crippen molar-refractivity contribution in [1.29, 1.82) is 0 Å². The third-order valence-corrected chi connectivity index (χ3v) is 6.62. The predicted octanol–water partition coefficient (Wildman–Crippen LogP) is 6.33. The van der Waals surface area contributed by atoms with Gasteiger partial charge in [-0.15, -0.1) is 0 Å². The fourth-order valence-corrected chi connectivity index (χ4v) is 4.84. The summed E-state index contributed by atoms with van der Waals surface area (Å²) < 4.78 is 5.54. The third-order valence-electron chi connectivity index (χ3n) is 6.62. The summed E-state index contributed by atoms with van der Waals surface area (Å²) >= 11 is 0. The van der Waals surface area contributed by atoms with Crippen LogP contribution in [0.2, 0.25) is 0 Å². The minimum absolute atomic E-state index is 0.203. The lowest BCUT2D eigenvalue weighted by atomic mass is 9.83. The highest BCUT2D eigenvalue weighted by molar-refractivity contribution is 6.31. The van der Waals surface area contributed by atoms with Crippen LogP contribution in [-0.4, -0.2) is 29.1 Å². The van der Waals surface area contributed by atoms with Crippen molar-refractivity contribution in [2.45, 2.75) is 6.92 Å². The van der Waals surface area contributed by atoms with Crippen molar-refractivity contribution in [3.63, 3.8) is 0 Å². The summed E-state index contributed by atoms with van der Waals surface area (Å²) in [5.41, 5.74) is 4.02. The van der Waals surface area contributed by atoms with E-state index in [4.69, 9.17) is 9.72 Å². The molecular weight excluding hydrogens is 476 g/mol. The minimum Gasteiger partial charge on any atom is -0.494 e. The van der Waals surface area contributed by atoms with Gasteiger partial charge in [0.2, 0.25) is 0 Å². The number of pyridine rings is 1. The van der Waals surface area contributed by atoms with Crippen LogP contribution in [0.5, 0.6) is 5.75 Å². The SMILES string of the molecule is CCOc1ccc(-c2cc(C(=O)Nc3cccc4c3C(=O)c3ccccc3C4=O)c3ccccc3n2)cc1. The van der Waals surface area contributed by atoms with Gasteiger partial charge in [-0.1, -0.05) is 54.6 Å². The van der Waals surface area contributed by atoms with E-state index in [1.54, 1.807) is 48.5 Å². The molecule has 1 amide bonds. The van der Waals surface area contributed by atoms with Gasteiger partial charge < -0.3 is 10.1 Å². The molecule has 0 saturated carbocycles. The number of hydrogen-bond donors (Lipinski definition) is 1. The monoisotopic (exact) mass is 498 g/mol. The zero-order valence-corrected chi connectivity index (χ0v) is 20.5. The average Bonchev–Trinajstić information content (AvgIpc) is 2.96. The number of para-hydroxylation sites is 1. The number of carbonyl (C=O) groups is 3. The summed E-state index contributed by atoms with van der Waals surface area (Å²) in [5.74, 6) is -0.174. The van der Waals surface area contributed by atoms with Crippen molar-refractivity contribution < 1.29 is 19.1 Å². The highest BCUT2D eigenvalue weighted by atomic mass is 16.5. The first kappa shape index (κ1) is 23.3. The molecule has 1 heterocycles. The number of benzene rings is 4. The van der Waals surface area contributed by atoms with Crippen LogP contribution < -0.4 is 10.1 Å². The van der Waals surface area contributed by atoms with Crippen molar-refractivity contribution in [2.75, 3.05) is 11.9 Å². The molecule has 6 rings (SSSR count). The molecule has 0 bridgehead atoms. The Kier molecular flexibility index (Phi) is 5.77. The number of anilines is 1. The molecule has 184 valence electrons. The lowest BCUT2D eigenvalue weighted by Crippen LogP contribution is -2.24. The normalized spacial score (nSPS) is 12.1. The van der Waals surface area contributed by atoms with Gasteiger partial charge in [-0.25, -0.2) is 4.98 Å². The Hall–Kier alpha value is -5.10. The van der Waals surface area contributed by atoms with Crippen LogP contribution in [0.25, 0.3) is 22.2 Å². The number of ether oxygens (including phenoxy) is 1. The van der Waals surface area contributed by atoms with Crippen LogP contribution in [-0.2, 0) is 0 Å². The number of carbonyl (C=O) groups excluding carboxylic acids is 3. The van der Waals surface area contributed by atoms with Crippen LogP contribution in [0.3, 0.4) is 0 Å². The van der Waals surface area contributed by atoms with E-state index in [9.17, 15) is 14.4 Å². The Balaban J connectivity index is 1.41. The van der Waals surface area contributed by atoms with Gasteiger partial charge in [0.05, 0.1) is 34.6 Å². The predicted molar refractivity (Wildman–Crippen MR) is 146 cm³/mol. The van der Waals surface area contributed by atoms with Gasteiger partial charge in [0.15, 0.2) is 11.6 Å². The van der Waals surface area contributed by atoms with Crippen LogP contribution in [0.4, 0.5) is 5.69 Å². The van der Waals surface area contributed by atoms with Crippen LogP contribution in [0.1, 0.15) is 49.1 Å². The van der Waals surface area contributed by atoms with Gasteiger partial charge in [-0.3, -0.25) is 14.4 Å². The third kappa shape index (κ3) is 3.92. The molecule has 6 nitrogen and oxygen atoms in total. The molecule has 1 N–H and O–H groups in total. The molecule has 1 aliphatic carbocycles. The first-order valence-corrected chi connectivity index (χ1v) is 12.3. The van der Waals surface area contributed by atoms with E-state index >= 15 is 0 Å². The number of aromatic nitrogens is 1.